The lowest BCUT2D eigenvalue weighted by Crippen LogP contribution is -2.08. The molecule has 2 rings (SSSR count). The first-order chi connectivity index (χ1) is 11.6. The van der Waals surface area contributed by atoms with Crippen LogP contribution in [-0.2, 0) is 12.8 Å². The minimum absolute atomic E-state index is 0.129. The molecule has 0 aliphatic carbocycles. The molecule has 0 atom stereocenters. The van der Waals surface area contributed by atoms with Crippen LogP contribution < -0.4 is 4.74 Å². The molecule has 4 nitrogen and oxygen atoms in total. The second-order valence-corrected chi connectivity index (χ2v) is 5.24. The largest absolute Gasteiger partial charge is 0.507 e. The first-order valence-electron chi connectivity index (χ1n) is 7.51. The zero-order valence-electron chi connectivity index (χ0n) is 13.6. The number of methoxy groups -OCH3 is 1. The van der Waals surface area contributed by atoms with Crippen molar-refractivity contribution in [2.45, 2.75) is 12.8 Å². The van der Waals surface area contributed by atoms with E-state index in [1.54, 1.807) is 42.5 Å². The molecule has 0 amide bonds. The van der Waals surface area contributed by atoms with Gasteiger partial charge >= 0.3 is 0 Å². The quantitative estimate of drug-likeness (QED) is 0.600. The molecule has 0 radical (unpaired) electrons. The Bertz CT molecular complexity index is 739. The predicted molar refractivity (Wildman–Crippen MR) is 94.0 cm³/mol. The van der Waals surface area contributed by atoms with E-state index >= 15 is 0 Å². The lowest BCUT2D eigenvalue weighted by Gasteiger charge is -2.19. The molecule has 124 valence electrons. The molecule has 2 aromatic rings. The number of hydrogen-bond acceptors (Lipinski definition) is 4. The summed E-state index contributed by atoms with van der Waals surface area (Å²) in [5.74, 6) is -0.685. The number of carbonyl (C=O) groups is 1. The number of phenolic OH excluding ortho intramolecular Hbond substituents is 2. The SMILES string of the molecule is C=CCc1c(O)c(C(=O)c2ccccc2)c(O)c(CC=C)c1OC. The Kier molecular flexibility index (Phi) is 5.42. The normalized spacial score (nSPS) is 10.2. The topological polar surface area (TPSA) is 66.8 Å². The van der Waals surface area contributed by atoms with E-state index in [-0.39, 0.29) is 17.1 Å². The molecule has 0 spiro atoms. The van der Waals surface area contributed by atoms with Gasteiger partial charge in [0.25, 0.3) is 0 Å². The van der Waals surface area contributed by atoms with Gasteiger partial charge in [0.15, 0.2) is 0 Å². The summed E-state index contributed by atoms with van der Waals surface area (Å²) in [5, 5.41) is 21.2. The average molecular weight is 324 g/mol. The fraction of sp³-hybridized carbons (Fsp3) is 0.150. The number of ether oxygens (including phenoxy) is 1. The van der Waals surface area contributed by atoms with Gasteiger partial charge in [0.1, 0.15) is 22.8 Å². The van der Waals surface area contributed by atoms with Crippen LogP contribution in [0, 0.1) is 0 Å². The zero-order chi connectivity index (χ0) is 17.7. The number of ketones is 1. The van der Waals surface area contributed by atoms with Crippen LogP contribution in [0.15, 0.2) is 55.6 Å². The number of carbonyl (C=O) groups excluding carboxylic acids is 1. The summed E-state index contributed by atoms with van der Waals surface area (Å²) in [6.45, 7) is 7.34. The van der Waals surface area contributed by atoms with Crippen LogP contribution in [0.4, 0.5) is 0 Å². The number of benzene rings is 2. The highest BCUT2D eigenvalue weighted by Gasteiger charge is 2.27. The lowest BCUT2D eigenvalue weighted by atomic mass is 9.92. The Labute approximate surface area is 141 Å². The van der Waals surface area contributed by atoms with Crippen molar-refractivity contribution in [3.8, 4) is 17.2 Å². The number of rotatable bonds is 7. The third kappa shape index (κ3) is 3.04. The van der Waals surface area contributed by atoms with Crippen LogP contribution in [0.1, 0.15) is 27.0 Å². The predicted octanol–water partition coefficient (Wildman–Crippen LogP) is 3.79. The van der Waals surface area contributed by atoms with E-state index in [4.69, 9.17) is 4.74 Å². The summed E-state index contributed by atoms with van der Waals surface area (Å²) in [5.41, 5.74) is 1.08. The summed E-state index contributed by atoms with van der Waals surface area (Å²) in [6.07, 6.45) is 3.80. The molecule has 0 unspecified atom stereocenters. The summed E-state index contributed by atoms with van der Waals surface area (Å²) in [7, 11) is 1.45. The zero-order valence-corrected chi connectivity index (χ0v) is 13.6. The first-order valence-corrected chi connectivity index (χ1v) is 7.51. The van der Waals surface area contributed by atoms with Crippen molar-refractivity contribution >= 4 is 5.78 Å². The van der Waals surface area contributed by atoms with Crippen molar-refractivity contribution in [2.75, 3.05) is 7.11 Å². The van der Waals surface area contributed by atoms with Gasteiger partial charge in [0.2, 0.25) is 5.78 Å². The van der Waals surface area contributed by atoms with Crippen molar-refractivity contribution in [2.24, 2.45) is 0 Å². The van der Waals surface area contributed by atoms with Gasteiger partial charge in [-0.2, -0.15) is 0 Å². The Hall–Kier alpha value is -3.01. The molecule has 0 fully saturated rings. The van der Waals surface area contributed by atoms with Crippen molar-refractivity contribution in [3.63, 3.8) is 0 Å². The van der Waals surface area contributed by atoms with Crippen LogP contribution >= 0.6 is 0 Å². The van der Waals surface area contributed by atoms with Crippen LogP contribution in [0.25, 0.3) is 0 Å². The maximum absolute atomic E-state index is 12.8. The maximum Gasteiger partial charge on any atom is 0.200 e. The van der Waals surface area contributed by atoms with Gasteiger partial charge in [0, 0.05) is 16.7 Å². The summed E-state index contributed by atoms with van der Waals surface area (Å²) < 4.78 is 5.36. The highest BCUT2D eigenvalue weighted by Crippen LogP contribution is 2.44. The van der Waals surface area contributed by atoms with Crippen LogP contribution in [0.5, 0.6) is 17.2 Å². The summed E-state index contributed by atoms with van der Waals surface area (Å²) in [4.78, 5) is 12.8. The Morgan fingerprint density at radius 3 is 1.96 bits per heavy atom. The van der Waals surface area contributed by atoms with Crippen LogP contribution in [-0.4, -0.2) is 23.1 Å². The van der Waals surface area contributed by atoms with Gasteiger partial charge in [-0.3, -0.25) is 4.79 Å². The number of phenols is 2. The smallest absolute Gasteiger partial charge is 0.200 e. The number of allylic oxidation sites excluding steroid dienone is 2. The monoisotopic (exact) mass is 324 g/mol. The first kappa shape index (κ1) is 17.3. The van der Waals surface area contributed by atoms with Gasteiger partial charge in [0.05, 0.1) is 7.11 Å². The van der Waals surface area contributed by atoms with Crippen LogP contribution in [0.2, 0.25) is 0 Å². The molecule has 4 heteroatoms. The number of hydrogen-bond donors (Lipinski definition) is 2. The Morgan fingerprint density at radius 1 is 1.04 bits per heavy atom. The van der Waals surface area contributed by atoms with Crippen molar-refractivity contribution in [3.05, 3.63) is 77.9 Å². The van der Waals surface area contributed by atoms with Gasteiger partial charge in [-0.05, 0) is 12.8 Å². The molecule has 2 aromatic carbocycles. The fourth-order valence-corrected chi connectivity index (χ4v) is 2.67. The van der Waals surface area contributed by atoms with Gasteiger partial charge in [-0.25, -0.2) is 0 Å². The highest BCUT2D eigenvalue weighted by molar-refractivity contribution is 6.13. The molecular weight excluding hydrogens is 304 g/mol. The molecule has 24 heavy (non-hydrogen) atoms. The number of aromatic hydroxyl groups is 2. The molecule has 2 N–H and O–H groups in total. The molecule has 0 aliphatic rings. The maximum atomic E-state index is 12.8. The standard InChI is InChI=1S/C20H20O4/c1-4-9-14-18(22)16(17(21)13-11-7-6-8-12-13)19(23)15(10-5-2)20(14)24-3/h4-8,11-12,22-23H,1-2,9-10H2,3H3. The van der Waals surface area contributed by atoms with Crippen molar-refractivity contribution in [1.29, 1.82) is 0 Å². The summed E-state index contributed by atoms with van der Waals surface area (Å²) in [6, 6.07) is 8.49. The van der Waals surface area contributed by atoms with E-state index in [1.807, 2.05) is 0 Å². The third-order valence-corrected chi connectivity index (χ3v) is 3.76. The third-order valence-electron chi connectivity index (χ3n) is 3.76. The van der Waals surface area contributed by atoms with E-state index < -0.39 is 5.78 Å². The molecule has 0 aromatic heterocycles. The van der Waals surface area contributed by atoms with Gasteiger partial charge in [-0.15, -0.1) is 13.2 Å². The van der Waals surface area contributed by atoms with E-state index in [9.17, 15) is 15.0 Å². The van der Waals surface area contributed by atoms with Gasteiger partial charge in [-0.1, -0.05) is 42.5 Å². The van der Waals surface area contributed by atoms with Crippen molar-refractivity contribution in [1.82, 2.24) is 0 Å². The second kappa shape index (κ2) is 7.51. The van der Waals surface area contributed by atoms with E-state index in [1.165, 1.54) is 7.11 Å². The van der Waals surface area contributed by atoms with E-state index in [0.29, 0.717) is 35.3 Å². The van der Waals surface area contributed by atoms with Gasteiger partial charge < -0.3 is 14.9 Å². The van der Waals surface area contributed by atoms with E-state index in [2.05, 4.69) is 13.2 Å². The molecule has 0 saturated heterocycles. The van der Waals surface area contributed by atoms with Crippen LogP contribution in [0.3, 0.4) is 0 Å². The molecule has 0 saturated carbocycles. The Morgan fingerprint density at radius 2 is 1.54 bits per heavy atom. The van der Waals surface area contributed by atoms with Crippen molar-refractivity contribution < 1.29 is 19.7 Å². The minimum atomic E-state index is -0.455. The fourth-order valence-electron chi connectivity index (χ4n) is 2.67. The lowest BCUT2D eigenvalue weighted by molar-refractivity contribution is 0.103. The second-order valence-electron chi connectivity index (χ2n) is 5.24. The molecule has 0 heterocycles. The molecule has 0 bridgehead atoms. The molecular formula is C20H20O4. The average Bonchev–Trinajstić information content (AvgIpc) is 2.60. The highest BCUT2D eigenvalue weighted by atomic mass is 16.5. The minimum Gasteiger partial charge on any atom is -0.507 e. The van der Waals surface area contributed by atoms with E-state index in [0.717, 1.165) is 0 Å². The summed E-state index contributed by atoms with van der Waals surface area (Å²) >= 11 is 0. The Balaban J connectivity index is 2.77. The molecule has 0 aliphatic heterocycles.